The van der Waals surface area contributed by atoms with Gasteiger partial charge >= 0.3 is 0 Å². The minimum absolute atomic E-state index is 0.0547. The van der Waals surface area contributed by atoms with Gasteiger partial charge in [0.25, 0.3) is 0 Å². The minimum atomic E-state index is -0.0547. The Kier molecular flexibility index (Phi) is 3.29. The van der Waals surface area contributed by atoms with Gasteiger partial charge < -0.3 is 5.32 Å². The molecule has 0 bridgehead atoms. The lowest BCUT2D eigenvalue weighted by Gasteiger charge is -2.11. The number of aryl methyl sites for hydroxylation is 1. The number of carbonyl (C=O) groups excluding carboxylic acids is 1. The number of aromatic nitrogens is 1. The van der Waals surface area contributed by atoms with E-state index in [-0.39, 0.29) is 5.91 Å². The van der Waals surface area contributed by atoms with E-state index >= 15 is 0 Å². The predicted molar refractivity (Wildman–Crippen MR) is 70.4 cm³/mol. The fourth-order valence-electron chi connectivity index (χ4n) is 1.74. The largest absolute Gasteiger partial charge is 0.324 e. The van der Waals surface area contributed by atoms with E-state index in [2.05, 4.69) is 10.3 Å². The first-order valence-electron chi connectivity index (χ1n) is 5.47. The monoisotopic (exact) mass is 248 g/mol. The van der Waals surface area contributed by atoms with Crippen molar-refractivity contribution in [2.75, 3.05) is 5.32 Å². The molecule has 1 N–H and O–H groups in total. The van der Waals surface area contributed by atoms with Crippen LogP contribution in [0.5, 0.6) is 0 Å². The molecule has 0 aliphatic rings. The Morgan fingerprint density at radius 2 is 2.29 bits per heavy atom. The maximum atomic E-state index is 11.5. The fraction of sp³-hybridized carbons (Fsp3) is 0.231. The summed E-state index contributed by atoms with van der Waals surface area (Å²) >= 11 is 6.17. The van der Waals surface area contributed by atoms with Crippen LogP contribution in [0.2, 0.25) is 5.02 Å². The molecular formula is C13H13ClN2O. The number of fused-ring (bicyclic) bond motifs is 1. The zero-order valence-corrected chi connectivity index (χ0v) is 10.5. The number of nitrogens with one attached hydrogen (secondary N) is 1. The summed E-state index contributed by atoms with van der Waals surface area (Å²) in [7, 11) is 0. The molecule has 3 nitrogen and oxygen atoms in total. The molecule has 0 spiro atoms. The molecule has 0 saturated carbocycles. The maximum Gasteiger partial charge on any atom is 0.224 e. The Labute approximate surface area is 105 Å². The summed E-state index contributed by atoms with van der Waals surface area (Å²) in [6.45, 7) is 3.75. The van der Waals surface area contributed by atoms with Crippen LogP contribution in [0, 0.1) is 6.92 Å². The molecule has 0 aliphatic carbocycles. The molecule has 4 heteroatoms. The number of halogens is 1. The highest BCUT2D eigenvalue weighted by molar-refractivity contribution is 6.35. The fourth-order valence-corrected chi connectivity index (χ4v) is 2.05. The third-order valence-electron chi connectivity index (χ3n) is 2.62. The maximum absolute atomic E-state index is 11.5. The average Bonchev–Trinajstić information content (AvgIpc) is 2.34. The average molecular weight is 249 g/mol. The van der Waals surface area contributed by atoms with Crippen LogP contribution in [0.25, 0.3) is 10.9 Å². The van der Waals surface area contributed by atoms with E-state index in [0.717, 1.165) is 16.5 Å². The van der Waals surface area contributed by atoms with Crippen LogP contribution in [0.4, 0.5) is 5.69 Å². The molecular weight excluding hydrogens is 236 g/mol. The van der Waals surface area contributed by atoms with Crippen molar-refractivity contribution in [3.8, 4) is 0 Å². The quantitative estimate of drug-likeness (QED) is 0.883. The van der Waals surface area contributed by atoms with Crippen molar-refractivity contribution in [1.82, 2.24) is 4.98 Å². The Bertz CT molecular complexity index is 581. The van der Waals surface area contributed by atoms with Gasteiger partial charge in [-0.2, -0.15) is 0 Å². The van der Waals surface area contributed by atoms with Crippen molar-refractivity contribution in [3.63, 3.8) is 0 Å². The van der Waals surface area contributed by atoms with Gasteiger partial charge in [0.1, 0.15) is 0 Å². The van der Waals surface area contributed by atoms with E-state index in [0.29, 0.717) is 17.1 Å². The summed E-state index contributed by atoms with van der Waals surface area (Å²) in [5.41, 5.74) is 2.51. The predicted octanol–water partition coefficient (Wildman–Crippen LogP) is 3.55. The molecule has 1 aromatic carbocycles. The Morgan fingerprint density at radius 1 is 1.53 bits per heavy atom. The van der Waals surface area contributed by atoms with Gasteiger partial charge in [0.2, 0.25) is 5.91 Å². The second-order valence-electron chi connectivity index (χ2n) is 3.85. The number of pyridine rings is 1. The third kappa shape index (κ3) is 2.24. The first-order chi connectivity index (χ1) is 8.13. The first kappa shape index (κ1) is 11.9. The number of hydrogen-bond acceptors (Lipinski definition) is 2. The standard InChI is InChI=1S/C13H13ClN2O/c1-3-11(17)16-13-9-5-4-6-15-12(9)8(2)7-10(13)14/h4-7H,3H2,1-2H3,(H,16,17). The minimum Gasteiger partial charge on any atom is -0.324 e. The normalized spacial score (nSPS) is 10.5. The highest BCUT2D eigenvalue weighted by Crippen LogP contribution is 2.32. The molecule has 0 atom stereocenters. The lowest BCUT2D eigenvalue weighted by atomic mass is 10.1. The summed E-state index contributed by atoms with van der Waals surface area (Å²) in [6.07, 6.45) is 2.15. The summed E-state index contributed by atoms with van der Waals surface area (Å²) in [6, 6.07) is 5.56. The topological polar surface area (TPSA) is 42.0 Å². The highest BCUT2D eigenvalue weighted by Gasteiger charge is 2.11. The van der Waals surface area contributed by atoms with Crippen molar-refractivity contribution in [2.45, 2.75) is 20.3 Å². The Hall–Kier alpha value is -1.61. The van der Waals surface area contributed by atoms with E-state index < -0.39 is 0 Å². The lowest BCUT2D eigenvalue weighted by Crippen LogP contribution is -2.10. The second-order valence-corrected chi connectivity index (χ2v) is 4.26. The summed E-state index contributed by atoms with van der Waals surface area (Å²) in [5.74, 6) is -0.0547. The summed E-state index contributed by atoms with van der Waals surface area (Å²) in [5, 5.41) is 4.24. The van der Waals surface area contributed by atoms with E-state index in [4.69, 9.17) is 11.6 Å². The van der Waals surface area contributed by atoms with Crippen molar-refractivity contribution in [3.05, 3.63) is 35.0 Å². The van der Waals surface area contributed by atoms with Gasteiger partial charge in [-0.1, -0.05) is 18.5 Å². The molecule has 2 aromatic rings. The van der Waals surface area contributed by atoms with Crippen LogP contribution in [-0.2, 0) is 4.79 Å². The van der Waals surface area contributed by atoms with Gasteiger partial charge in [-0.05, 0) is 30.7 Å². The van der Waals surface area contributed by atoms with Crippen LogP contribution < -0.4 is 5.32 Å². The van der Waals surface area contributed by atoms with Crippen LogP contribution in [-0.4, -0.2) is 10.9 Å². The van der Waals surface area contributed by atoms with E-state index in [9.17, 15) is 4.79 Å². The van der Waals surface area contributed by atoms with E-state index in [1.165, 1.54) is 0 Å². The molecule has 0 unspecified atom stereocenters. The van der Waals surface area contributed by atoms with Crippen LogP contribution in [0.1, 0.15) is 18.9 Å². The van der Waals surface area contributed by atoms with Crippen LogP contribution in [0.15, 0.2) is 24.4 Å². The number of benzene rings is 1. The third-order valence-corrected chi connectivity index (χ3v) is 2.92. The van der Waals surface area contributed by atoms with Gasteiger partial charge in [0.15, 0.2) is 0 Å². The molecule has 0 radical (unpaired) electrons. The zero-order valence-electron chi connectivity index (χ0n) is 9.75. The number of rotatable bonds is 2. The Balaban J connectivity index is 2.65. The second kappa shape index (κ2) is 4.72. The van der Waals surface area contributed by atoms with Crippen molar-refractivity contribution in [1.29, 1.82) is 0 Å². The molecule has 1 aromatic heterocycles. The van der Waals surface area contributed by atoms with Gasteiger partial charge in [-0.15, -0.1) is 0 Å². The summed E-state index contributed by atoms with van der Waals surface area (Å²) < 4.78 is 0. The molecule has 17 heavy (non-hydrogen) atoms. The van der Waals surface area contributed by atoms with Crippen molar-refractivity contribution in [2.24, 2.45) is 0 Å². The van der Waals surface area contributed by atoms with Gasteiger partial charge in [-0.3, -0.25) is 9.78 Å². The van der Waals surface area contributed by atoms with Gasteiger partial charge in [0.05, 0.1) is 16.2 Å². The van der Waals surface area contributed by atoms with Gasteiger partial charge in [0, 0.05) is 18.0 Å². The van der Waals surface area contributed by atoms with Crippen LogP contribution >= 0.6 is 11.6 Å². The molecule has 0 fully saturated rings. The molecule has 1 amide bonds. The van der Waals surface area contributed by atoms with E-state index in [1.54, 1.807) is 13.1 Å². The SMILES string of the molecule is CCC(=O)Nc1c(Cl)cc(C)c2ncccc12. The van der Waals surface area contributed by atoms with Gasteiger partial charge in [-0.25, -0.2) is 0 Å². The molecule has 88 valence electrons. The smallest absolute Gasteiger partial charge is 0.224 e. The number of amides is 1. The zero-order chi connectivity index (χ0) is 12.4. The van der Waals surface area contributed by atoms with Crippen molar-refractivity contribution >= 4 is 34.1 Å². The molecule has 0 saturated heterocycles. The number of anilines is 1. The van der Waals surface area contributed by atoms with Crippen molar-refractivity contribution < 1.29 is 4.79 Å². The van der Waals surface area contributed by atoms with E-state index in [1.807, 2.05) is 25.1 Å². The van der Waals surface area contributed by atoms with Crippen LogP contribution in [0.3, 0.4) is 0 Å². The number of hydrogen-bond donors (Lipinski definition) is 1. The summed E-state index contributed by atoms with van der Waals surface area (Å²) in [4.78, 5) is 15.8. The Morgan fingerprint density at radius 3 is 3.00 bits per heavy atom. The number of carbonyl (C=O) groups is 1. The number of nitrogens with zero attached hydrogens (tertiary/aromatic N) is 1. The molecule has 1 heterocycles. The highest BCUT2D eigenvalue weighted by atomic mass is 35.5. The molecule has 2 rings (SSSR count). The first-order valence-corrected chi connectivity index (χ1v) is 5.85. The lowest BCUT2D eigenvalue weighted by molar-refractivity contribution is -0.115. The molecule has 0 aliphatic heterocycles.